The van der Waals surface area contributed by atoms with Crippen molar-refractivity contribution in [2.75, 3.05) is 5.32 Å². The quantitative estimate of drug-likeness (QED) is 0.554. The van der Waals surface area contributed by atoms with Gasteiger partial charge in [-0.05, 0) is 69.9 Å². The summed E-state index contributed by atoms with van der Waals surface area (Å²) in [6.07, 6.45) is 5.30. The van der Waals surface area contributed by atoms with Gasteiger partial charge < -0.3 is 15.4 Å². The Morgan fingerprint density at radius 3 is 2.28 bits per heavy atom. The maximum Gasteiger partial charge on any atom is 0.257 e. The molecule has 0 bridgehead atoms. The maximum atomic E-state index is 12.9. The van der Waals surface area contributed by atoms with Crippen LogP contribution in [-0.4, -0.2) is 32.9 Å². The van der Waals surface area contributed by atoms with Gasteiger partial charge in [0.15, 0.2) is 0 Å². The zero-order chi connectivity index (χ0) is 21.6. The Labute approximate surface area is 194 Å². The zero-order valence-corrected chi connectivity index (χ0v) is 19.1. The van der Waals surface area contributed by atoms with Crippen LogP contribution in [0.1, 0.15) is 47.4 Å². The van der Waals surface area contributed by atoms with E-state index in [4.69, 9.17) is 4.74 Å². The number of anilines is 1. The summed E-state index contributed by atoms with van der Waals surface area (Å²) in [4.78, 5) is 26.1. The van der Waals surface area contributed by atoms with E-state index in [0.717, 1.165) is 37.1 Å². The summed E-state index contributed by atoms with van der Waals surface area (Å²) < 4.78 is 5.83. The lowest BCUT2D eigenvalue weighted by Crippen LogP contribution is -2.40. The first kappa shape index (κ1) is 23.5. The molecular weight excluding hydrogens is 426 g/mol. The summed E-state index contributed by atoms with van der Waals surface area (Å²) in [5.41, 5.74) is 2.36. The van der Waals surface area contributed by atoms with Gasteiger partial charge >= 0.3 is 0 Å². The molecule has 2 N–H and O–H groups in total. The van der Waals surface area contributed by atoms with Crippen LogP contribution < -0.4 is 15.4 Å². The van der Waals surface area contributed by atoms with E-state index in [1.807, 2.05) is 50.2 Å². The van der Waals surface area contributed by atoms with E-state index in [9.17, 15) is 4.79 Å². The predicted octanol–water partition coefficient (Wildman–Crippen LogP) is 4.86. The number of nitrogens with one attached hydrogen (secondary N) is 2. The van der Waals surface area contributed by atoms with Gasteiger partial charge in [0.25, 0.3) is 5.91 Å². The van der Waals surface area contributed by atoms with E-state index in [0.29, 0.717) is 29.2 Å². The summed E-state index contributed by atoms with van der Waals surface area (Å²) in [6, 6.07) is 15.2. The highest BCUT2D eigenvalue weighted by molar-refractivity contribution is 5.96. The van der Waals surface area contributed by atoms with E-state index >= 15 is 0 Å². The van der Waals surface area contributed by atoms with Crippen LogP contribution in [0.15, 0.2) is 54.7 Å². The summed E-state index contributed by atoms with van der Waals surface area (Å²) in [5, 5.41) is 6.59. The molecular formula is C24H28ClN5O2. The Morgan fingerprint density at radius 2 is 1.59 bits per heavy atom. The lowest BCUT2D eigenvalue weighted by atomic mass is 9.91. The number of carbonyl (C=O) groups excluding carboxylic acids is 1. The molecule has 0 spiro atoms. The van der Waals surface area contributed by atoms with Crippen LogP contribution in [-0.2, 0) is 0 Å². The van der Waals surface area contributed by atoms with E-state index in [2.05, 4.69) is 25.6 Å². The van der Waals surface area contributed by atoms with Gasteiger partial charge in [0.05, 0.1) is 0 Å². The van der Waals surface area contributed by atoms with Crippen molar-refractivity contribution in [1.29, 1.82) is 0 Å². The highest BCUT2D eigenvalue weighted by Crippen LogP contribution is 2.25. The Kier molecular flexibility index (Phi) is 8.00. The molecule has 8 heteroatoms. The van der Waals surface area contributed by atoms with Crippen molar-refractivity contribution in [2.45, 2.75) is 51.6 Å². The number of benzene rings is 1. The molecule has 4 rings (SSSR count). The molecule has 168 valence electrons. The number of pyridine rings is 1. The lowest BCUT2D eigenvalue weighted by molar-refractivity contribution is 0.0923. The monoisotopic (exact) mass is 453 g/mol. The SMILES string of the molecule is Cc1cc(C)nc(N[C@H]2CC[C@@H](NC(=O)c3cccnc3Oc3ccccc3)CC2)n1.Cl. The van der Waals surface area contributed by atoms with Gasteiger partial charge in [-0.15, -0.1) is 12.4 Å². The molecule has 1 aliphatic rings. The summed E-state index contributed by atoms with van der Waals surface area (Å²) in [5.74, 6) is 1.49. The highest BCUT2D eigenvalue weighted by atomic mass is 35.5. The first-order valence-electron chi connectivity index (χ1n) is 10.6. The topological polar surface area (TPSA) is 89.0 Å². The fourth-order valence-electron chi connectivity index (χ4n) is 3.86. The molecule has 2 heterocycles. The number of carbonyl (C=O) groups is 1. The maximum absolute atomic E-state index is 12.9. The van der Waals surface area contributed by atoms with Gasteiger partial charge in [-0.1, -0.05) is 18.2 Å². The summed E-state index contributed by atoms with van der Waals surface area (Å²) in [7, 11) is 0. The molecule has 0 aliphatic heterocycles. The second kappa shape index (κ2) is 10.9. The molecule has 1 aromatic carbocycles. The fourth-order valence-corrected chi connectivity index (χ4v) is 3.86. The number of rotatable bonds is 6. The summed E-state index contributed by atoms with van der Waals surface area (Å²) in [6.45, 7) is 3.95. The Bertz CT molecular complexity index is 1020. The number of aromatic nitrogens is 3. The van der Waals surface area contributed by atoms with Crippen LogP contribution in [0.3, 0.4) is 0 Å². The molecule has 3 aromatic rings. The predicted molar refractivity (Wildman–Crippen MR) is 127 cm³/mol. The van der Waals surface area contributed by atoms with Crippen LogP contribution in [0.4, 0.5) is 5.95 Å². The molecule has 1 amide bonds. The number of hydrogen-bond acceptors (Lipinski definition) is 6. The van der Waals surface area contributed by atoms with Crippen LogP contribution in [0.25, 0.3) is 0 Å². The number of nitrogens with zero attached hydrogens (tertiary/aromatic N) is 3. The van der Waals surface area contributed by atoms with Gasteiger partial charge in [0.1, 0.15) is 11.3 Å². The second-order valence-corrected chi connectivity index (χ2v) is 7.91. The number of ether oxygens (including phenoxy) is 1. The van der Waals surface area contributed by atoms with Crippen molar-refractivity contribution in [1.82, 2.24) is 20.3 Å². The number of amides is 1. The standard InChI is InChI=1S/C24H27N5O2.ClH/c1-16-15-17(2)27-24(26-16)29-19-12-10-18(11-13-19)28-22(30)21-9-6-14-25-23(21)31-20-7-4-3-5-8-20;/h3-9,14-15,18-19H,10-13H2,1-2H3,(H,28,30)(H,26,27,29);1H/t18-,19+;. The lowest BCUT2D eigenvalue weighted by Gasteiger charge is -2.29. The van der Waals surface area contributed by atoms with Crippen LogP contribution in [0.5, 0.6) is 11.6 Å². The highest BCUT2D eigenvalue weighted by Gasteiger charge is 2.24. The molecule has 0 atom stereocenters. The normalized spacial score (nSPS) is 17.7. The van der Waals surface area contributed by atoms with Gasteiger partial charge in [-0.3, -0.25) is 4.79 Å². The smallest absolute Gasteiger partial charge is 0.257 e. The van der Waals surface area contributed by atoms with Crippen molar-refractivity contribution in [3.05, 3.63) is 71.7 Å². The van der Waals surface area contributed by atoms with Crippen LogP contribution >= 0.6 is 12.4 Å². The van der Waals surface area contributed by atoms with Gasteiger partial charge in [-0.2, -0.15) is 0 Å². The molecule has 1 fully saturated rings. The number of hydrogen-bond donors (Lipinski definition) is 2. The number of para-hydroxylation sites is 1. The van der Waals surface area contributed by atoms with Crippen molar-refractivity contribution < 1.29 is 9.53 Å². The first-order chi connectivity index (χ1) is 15.1. The minimum absolute atomic E-state index is 0. The van der Waals surface area contributed by atoms with Gasteiger partial charge in [0, 0.05) is 29.7 Å². The Hall–Kier alpha value is -3.19. The van der Waals surface area contributed by atoms with Gasteiger partial charge in [0.2, 0.25) is 11.8 Å². The van der Waals surface area contributed by atoms with Crippen molar-refractivity contribution in [3.63, 3.8) is 0 Å². The Balaban J connectivity index is 0.00000289. The average molecular weight is 454 g/mol. The molecule has 2 aromatic heterocycles. The second-order valence-electron chi connectivity index (χ2n) is 7.91. The van der Waals surface area contributed by atoms with Gasteiger partial charge in [-0.25, -0.2) is 15.0 Å². The van der Waals surface area contributed by atoms with Crippen LogP contribution in [0.2, 0.25) is 0 Å². The third-order valence-corrected chi connectivity index (χ3v) is 5.35. The van der Waals surface area contributed by atoms with Crippen molar-refractivity contribution >= 4 is 24.3 Å². The number of aryl methyl sites for hydroxylation is 2. The zero-order valence-electron chi connectivity index (χ0n) is 18.2. The summed E-state index contributed by atoms with van der Waals surface area (Å²) >= 11 is 0. The third kappa shape index (κ3) is 6.17. The Morgan fingerprint density at radius 1 is 0.938 bits per heavy atom. The minimum Gasteiger partial charge on any atom is -0.438 e. The van der Waals surface area contributed by atoms with Crippen molar-refractivity contribution in [3.8, 4) is 11.6 Å². The molecule has 32 heavy (non-hydrogen) atoms. The third-order valence-electron chi connectivity index (χ3n) is 5.35. The van der Waals surface area contributed by atoms with Crippen LogP contribution in [0, 0.1) is 13.8 Å². The molecule has 7 nitrogen and oxygen atoms in total. The molecule has 0 saturated heterocycles. The van der Waals surface area contributed by atoms with E-state index in [1.165, 1.54) is 0 Å². The fraction of sp³-hybridized carbons (Fsp3) is 0.333. The number of halogens is 1. The average Bonchev–Trinajstić information content (AvgIpc) is 2.75. The van der Waals surface area contributed by atoms with E-state index < -0.39 is 0 Å². The molecule has 0 unspecified atom stereocenters. The van der Waals surface area contributed by atoms with Crippen molar-refractivity contribution in [2.24, 2.45) is 0 Å². The molecule has 1 saturated carbocycles. The molecule has 1 aliphatic carbocycles. The largest absolute Gasteiger partial charge is 0.438 e. The minimum atomic E-state index is -0.159. The first-order valence-corrected chi connectivity index (χ1v) is 10.6. The molecule has 0 radical (unpaired) electrons. The van der Waals surface area contributed by atoms with E-state index in [-0.39, 0.29) is 24.4 Å². The van der Waals surface area contributed by atoms with E-state index in [1.54, 1.807) is 18.3 Å².